The number of carbonyl (C=O) groups excluding carboxylic acids is 1. The van der Waals surface area contributed by atoms with Crippen LogP contribution in [0, 0.1) is 11.8 Å². The molecule has 1 heteroatoms. The Labute approximate surface area is 113 Å². The molecule has 4 rings (SSSR count). The van der Waals surface area contributed by atoms with Crippen molar-refractivity contribution in [3.8, 4) is 11.1 Å². The summed E-state index contributed by atoms with van der Waals surface area (Å²) in [5.41, 5.74) is 6.18. The topological polar surface area (TPSA) is 17.1 Å². The fraction of sp³-hybridized carbons (Fsp3) is 0.278. The number of hydrogen-bond acceptors (Lipinski definition) is 1. The van der Waals surface area contributed by atoms with Crippen LogP contribution in [-0.4, -0.2) is 5.78 Å². The van der Waals surface area contributed by atoms with E-state index in [2.05, 4.69) is 43.3 Å². The van der Waals surface area contributed by atoms with Crippen molar-refractivity contribution < 1.29 is 4.79 Å². The average molecular weight is 248 g/mol. The Hall–Kier alpha value is -1.89. The van der Waals surface area contributed by atoms with Gasteiger partial charge in [0.1, 0.15) is 0 Å². The second kappa shape index (κ2) is 3.80. The van der Waals surface area contributed by atoms with Crippen LogP contribution in [0.25, 0.3) is 11.1 Å². The van der Waals surface area contributed by atoms with E-state index in [0.29, 0.717) is 11.7 Å². The number of fused-ring (bicyclic) bond motifs is 3. The molecule has 2 aromatic carbocycles. The highest BCUT2D eigenvalue weighted by Gasteiger charge is 2.39. The van der Waals surface area contributed by atoms with Crippen LogP contribution in [0.2, 0.25) is 0 Å². The molecule has 0 N–H and O–H groups in total. The smallest absolute Gasteiger partial charge is 0.166 e. The maximum atomic E-state index is 12.3. The van der Waals surface area contributed by atoms with E-state index in [4.69, 9.17) is 0 Å². The summed E-state index contributed by atoms with van der Waals surface area (Å²) in [4.78, 5) is 12.3. The average Bonchev–Trinajstić information content (AvgIpc) is 3.05. The summed E-state index contributed by atoms with van der Waals surface area (Å²) in [6.45, 7) is 2.16. The molecule has 2 aliphatic carbocycles. The van der Waals surface area contributed by atoms with E-state index in [9.17, 15) is 4.79 Å². The Morgan fingerprint density at radius 1 is 1.05 bits per heavy atom. The molecular formula is C18H16O. The van der Waals surface area contributed by atoms with Crippen LogP contribution in [0.1, 0.15) is 34.8 Å². The lowest BCUT2D eigenvalue weighted by atomic mass is 9.99. The van der Waals surface area contributed by atoms with Gasteiger partial charge in [0.05, 0.1) is 0 Å². The molecule has 1 fully saturated rings. The van der Waals surface area contributed by atoms with Crippen LogP contribution < -0.4 is 0 Å². The molecule has 0 heterocycles. The monoisotopic (exact) mass is 248 g/mol. The van der Waals surface area contributed by atoms with Crippen LogP contribution in [-0.2, 0) is 6.42 Å². The van der Waals surface area contributed by atoms with E-state index in [1.165, 1.54) is 22.3 Å². The lowest BCUT2D eigenvalue weighted by molar-refractivity contribution is 0.0962. The molecule has 0 aromatic heterocycles. The van der Waals surface area contributed by atoms with Gasteiger partial charge < -0.3 is 0 Å². The maximum Gasteiger partial charge on any atom is 0.166 e. The van der Waals surface area contributed by atoms with Gasteiger partial charge in [0.15, 0.2) is 5.78 Å². The molecule has 1 saturated carbocycles. The summed E-state index contributed by atoms with van der Waals surface area (Å²) >= 11 is 0. The van der Waals surface area contributed by atoms with Crippen LogP contribution in [0.5, 0.6) is 0 Å². The first kappa shape index (κ1) is 11.0. The number of carbonyl (C=O) groups is 1. The van der Waals surface area contributed by atoms with Gasteiger partial charge in [-0.05, 0) is 47.1 Å². The fourth-order valence-electron chi connectivity index (χ4n) is 3.18. The molecule has 0 saturated heterocycles. The zero-order valence-electron chi connectivity index (χ0n) is 11.0. The molecule has 0 aliphatic heterocycles. The highest BCUT2D eigenvalue weighted by molar-refractivity contribution is 6.01. The number of hydrogen-bond donors (Lipinski definition) is 0. The van der Waals surface area contributed by atoms with Crippen molar-refractivity contribution in [2.24, 2.45) is 11.8 Å². The first-order valence-electron chi connectivity index (χ1n) is 6.99. The van der Waals surface area contributed by atoms with Crippen LogP contribution in [0.3, 0.4) is 0 Å². The van der Waals surface area contributed by atoms with Gasteiger partial charge in [-0.25, -0.2) is 0 Å². The van der Waals surface area contributed by atoms with E-state index in [1.807, 2.05) is 6.07 Å². The van der Waals surface area contributed by atoms with Crippen molar-refractivity contribution in [1.29, 1.82) is 0 Å². The lowest BCUT2D eigenvalue weighted by Crippen LogP contribution is -2.03. The van der Waals surface area contributed by atoms with E-state index in [-0.39, 0.29) is 5.92 Å². The Balaban J connectivity index is 1.78. The molecule has 0 bridgehead atoms. The molecule has 2 atom stereocenters. The Morgan fingerprint density at radius 3 is 2.58 bits per heavy atom. The second-order valence-electron chi connectivity index (χ2n) is 5.89. The standard InChI is InChI=1S/C18H16O/c1-11-8-16(11)18(19)14-7-6-13-9-12-4-2-3-5-15(12)17(13)10-14/h2-7,10-11,16H,8-9H2,1H3. The normalized spacial score (nSPS) is 22.8. The van der Waals surface area contributed by atoms with Crippen molar-refractivity contribution in [3.63, 3.8) is 0 Å². The molecule has 0 spiro atoms. The maximum absolute atomic E-state index is 12.3. The fourth-order valence-corrected chi connectivity index (χ4v) is 3.18. The van der Waals surface area contributed by atoms with Gasteiger partial charge in [0, 0.05) is 11.5 Å². The van der Waals surface area contributed by atoms with Crippen molar-refractivity contribution in [2.75, 3.05) is 0 Å². The van der Waals surface area contributed by atoms with E-state index < -0.39 is 0 Å². The van der Waals surface area contributed by atoms with E-state index in [0.717, 1.165) is 18.4 Å². The molecular weight excluding hydrogens is 232 g/mol. The van der Waals surface area contributed by atoms with Gasteiger partial charge >= 0.3 is 0 Å². The minimum Gasteiger partial charge on any atom is -0.294 e. The number of Topliss-reactive ketones (excluding diaryl/α,β-unsaturated/α-hetero) is 1. The summed E-state index contributed by atoms with van der Waals surface area (Å²) < 4.78 is 0. The van der Waals surface area contributed by atoms with Gasteiger partial charge in [-0.1, -0.05) is 43.3 Å². The second-order valence-corrected chi connectivity index (χ2v) is 5.89. The number of rotatable bonds is 2. The first-order chi connectivity index (χ1) is 9.24. The van der Waals surface area contributed by atoms with Crippen molar-refractivity contribution in [1.82, 2.24) is 0 Å². The quantitative estimate of drug-likeness (QED) is 0.624. The Morgan fingerprint density at radius 2 is 1.79 bits per heavy atom. The number of benzene rings is 2. The highest BCUT2D eigenvalue weighted by atomic mass is 16.1. The third kappa shape index (κ3) is 1.65. The van der Waals surface area contributed by atoms with Crippen molar-refractivity contribution in [3.05, 3.63) is 59.2 Å². The van der Waals surface area contributed by atoms with Gasteiger partial charge in [0.25, 0.3) is 0 Å². The van der Waals surface area contributed by atoms with E-state index in [1.54, 1.807) is 0 Å². The largest absolute Gasteiger partial charge is 0.294 e. The van der Waals surface area contributed by atoms with E-state index >= 15 is 0 Å². The predicted molar refractivity (Wildman–Crippen MR) is 76.3 cm³/mol. The first-order valence-corrected chi connectivity index (χ1v) is 6.99. The highest BCUT2D eigenvalue weighted by Crippen LogP contribution is 2.42. The van der Waals surface area contributed by atoms with Gasteiger partial charge in [-0.3, -0.25) is 4.79 Å². The number of ketones is 1. The van der Waals surface area contributed by atoms with Crippen LogP contribution in [0.15, 0.2) is 42.5 Å². The van der Waals surface area contributed by atoms with Crippen LogP contribution >= 0.6 is 0 Å². The Kier molecular flexibility index (Phi) is 2.20. The summed E-state index contributed by atoms with van der Waals surface area (Å²) in [6.07, 6.45) is 2.06. The van der Waals surface area contributed by atoms with Crippen molar-refractivity contribution in [2.45, 2.75) is 19.8 Å². The molecule has 19 heavy (non-hydrogen) atoms. The molecule has 94 valence electrons. The molecule has 0 amide bonds. The van der Waals surface area contributed by atoms with Gasteiger partial charge in [0.2, 0.25) is 0 Å². The van der Waals surface area contributed by atoms with Gasteiger partial charge in [-0.15, -0.1) is 0 Å². The SMILES string of the molecule is CC1CC1C(=O)c1ccc2c(c1)-c1ccccc1C2. The zero-order chi connectivity index (χ0) is 13.0. The molecule has 0 radical (unpaired) electrons. The lowest BCUT2D eigenvalue weighted by Gasteiger charge is -2.04. The molecule has 2 aromatic rings. The molecule has 2 unspecified atom stereocenters. The summed E-state index contributed by atoms with van der Waals surface area (Å²) in [7, 11) is 0. The minimum absolute atomic E-state index is 0.273. The predicted octanol–water partition coefficient (Wildman–Crippen LogP) is 4.10. The summed E-state index contributed by atoms with van der Waals surface area (Å²) in [5, 5.41) is 0. The van der Waals surface area contributed by atoms with Crippen LogP contribution in [0.4, 0.5) is 0 Å². The molecule has 1 nitrogen and oxygen atoms in total. The summed E-state index contributed by atoms with van der Waals surface area (Å²) in [6, 6.07) is 14.8. The minimum atomic E-state index is 0.273. The third-order valence-electron chi connectivity index (χ3n) is 4.53. The summed E-state index contributed by atoms with van der Waals surface area (Å²) in [5.74, 6) is 1.18. The third-order valence-corrected chi connectivity index (χ3v) is 4.53. The molecule has 2 aliphatic rings. The Bertz CT molecular complexity index is 684. The van der Waals surface area contributed by atoms with Gasteiger partial charge in [-0.2, -0.15) is 0 Å². The zero-order valence-corrected chi connectivity index (χ0v) is 11.0. The van der Waals surface area contributed by atoms with Crippen molar-refractivity contribution >= 4 is 5.78 Å².